The third-order valence-electron chi connectivity index (χ3n) is 3.54. The van der Waals surface area contributed by atoms with E-state index in [2.05, 4.69) is 5.32 Å². The lowest BCUT2D eigenvalue weighted by molar-refractivity contribution is -0.135. The molecule has 5 nitrogen and oxygen atoms in total. The second kappa shape index (κ2) is 4.66. The van der Waals surface area contributed by atoms with Gasteiger partial charge in [-0.25, -0.2) is 0 Å². The maximum absolute atomic E-state index is 12.0. The van der Waals surface area contributed by atoms with Crippen LogP contribution in [0.15, 0.2) is 18.2 Å². The van der Waals surface area contributed by atoms with Crippen LogP contribution >= 0.6 is 0 Å². The Morgan fingerprint density at radius 1 is 1.37 bits per heavy atom. The molecule has 1 aromatic rings. The number of hydrogen-bond donors (Lipinski definition) is 2. The van der Waals surface area contributed by atoms with Gasteiger partial charge in [0.25, 0.3) is 5.91 Å². The normalized spacial score (nSPS) is 18.4. The average Bonchev–Trinajstić information content (AvgIpc) is 2.34. The molecule has 0 aliphatic carbocycles. The molecule has 1 aliphatic heterocycles. The highest BCUT2D eigenvalue weighted by Gasteiger charge is 2.41. The van der Waals surface area contributed by atoms with Crippen molar-refractivity contribution < 1.29 is 9.59 Å². The quantitative estimate of drug-likeness (QED) is 0.768. The first kappa shape index (κ1) is 13.5. The maximum Gasteiger partial charge on any atom is 0.251 e. The molecule has 0 bridgehead atoms. The Bertz CT molecular complexity index is 537. The predicted molar refractivity (Wildman–Crippen MR) is 73.6 cm³/mol. The van der Waals surface area contributed by atoms with Gasteiger partial charge in [-0.2, -0.15) is 0 Å². The van der Waals surface area contributed by atoms with Gasteiger partial charge in [0.2, 0.25) is 5.91 Å². The molecule has 2 amide bonds. The molecule has 0 saturated carbocycles. The summed E-state index contributed by atoms with van der Waals surface area (Å²) in [6.07, 6.45) is 0. The standard InChI is InChI=1S/C14H19N3O2/c1-9-4-5-10(7-15)11(6-9)17-8-12(18)16-13(19)14(17,2)3/h4-6H,7-8,15H2,1-3H3,(H,16,18,19). The molecule has 102 valence electrons. The van der Waals surface area contributed by atoms with Crippen molar-refractivity contribution in [1.29, 1.82) is 0 Å². The third-order valence-corrected chi connectivity index (χ3v) is 3.54. The van der Waals surface area contributed by atoms with Crippen LogP contribution in [0.1, 0.15) is 25.0 Å². The number of amides is 2. The van der Waals surface area contributed by atoms with Crippen molar-refractivity contribution in [3.8, 4) is 0 Å². The summed E-state index contributed by atoms with van der Waals surface area (Å²) in [7, 11) is 0. The van der Waals surface area contributed by atoms with Crippen LogP contribution in [0.2, 0.25) is 0 Å². The van der Waals surface area contributed by atoms with Crippen molar-refractivity contribution in [3.05, 3.63) is 29.3 Å². The maximum atomic E-state index is 12.0. The van der Waals surface area contributed by atoms with E-state index >= 15 is 0 Å². The van der Waals surface area contributed by atoms with Gasteiger partial charge >= 0.3 is 0 Å². The van der Waals surface area contributed by atoms with E-state index in [9.17, 15) is 9.59 Å². The molecule has 0 unspecified atom stereocenters. The van der Waals surface area contributed by atoms with E-state index in [1.165, 1.54) is 0 Å². The number of anilines is 1. The van der Waals surface area contributed by atoms with Crippen LogP contribution < -0.4 is 16.0 Å². The second-order valence-electron chi connectivity index (χ2n) is 5.36. The average molecular weight is 261 g/mol. The smallest absolute Gasteiger partial charge is 0.251 e. The number of nitrogens with two attached hydrogens (primary N) is 1. The highest BCUT2D eigenvalue weighted by atomic mass is 16.2. The molecule has 0 spiro atoms. The van der Waals surface area contributed by atoms with Gasteiger partial charge in [0.05, 0.1) is 6.54 Å². The molecule has 1 aliphatic rings. The SMILES string of the molecule is Cc1ccc(CN)c(N2CC(=O)NC(=O)C2(C)C)c1. The number of hydrogen-bond acceptors (Lipinski definition) is 4. The fraction of sp³-hybridized carbons (Fsp3) is 0.429. The Hall–Kier alpha value is -1.88. The number of nitrogens with zero attached hydrogens (tertiary/aromatic N) is 1. The van der Waals surface area contributed by atoms with Gasteiger partial charge in [-0.1, -0.05) is 12.1 Å². The van der Waals surface area contributed by atoms with Crippen LogP contribution in [-0.4, -0.2) is 23.9 Å². The van der Waals surface area contributed by atoms with E-state index in [1.807, 2.05) is 30.0 Å². The van der Waals surface area contributed by atoms with Crippen molar-refractivity contribution in [1.82, 2.24) is 5.32 Å². The molecule has 1 aromatic carbocycles. The van der Waals surface area contributed by atoms with Gasteiger partial charge in [-0.05, 0) is 38.0 Å². The summed E-state index contributed by atoms with van der Waals surface area (Å²) in [6.45, 7) is 6.12. The summed E-state index contributed by atoms with van der Waals surface area (Å²) in [5.74, 6) is -0.568. The van der Waals surface area contributed by atoms with Crippen molar-refractivity contribution >= 4 is 17.5 Å². The molecule has 1 fully saturated rings. The van der Waals surface area contributed by atoms with Crippen molar-refractivity contribution in [2.75, 3.05) is 11.4 Å². The predicted octanol–water partition coefficient (Wildman–Crippen LogP) is 0.695. The van der Waals surface area contributed by atoms with Gasteiger partial charge in [0, 0.05) is 12.2 Å². The van der Waals surface area contributed by atoms with Crippen LogP contribution in [0.5, 0.6) is 0 Å². The summed E-state index contributed by atoms with van der Waals surface area (Å²) >= 11 is 0. The van der Waals surface area contributed by atoms with E-state index < -0.39 is 5.54 Å². The number of nitrogens with one attached hydrogen (secondary N) is 1. The van der Waals surface area contributed by atoms with Crippen LogP contribution in [0, 0.1) is 6.92 Å². The molecular formula is C14H19N3O2. The Morgan fingerprint density at radius 3 is 2.68 bits per heavy atom. The van der Waals surface area contributed by atoms with Gasteiger partial charge in [-0.15, -0.1) is 0 Å². The fourth-order valence-electron chi connectivity index (χ4n) is 2.27. The molecule has 5 heteroatoms. The minimum Gasteiger partial charge on any atom is -0.348 e. The molecule has 1 heterocycles. The molecular weight excluding hydrogens is 242 g/mol. The third kappa shape index (κ3) is 2.33. The van der Waals surface area contributed by atoms with Crippen LogP contribution in [0.25, 0.3) is 0 Å². The number of benzene rings is 1. The largest absolute Gasteiger partial charge is 0.348 e. The van der Waals surface area contributed by atoms with Crippen LogP contribution in [0.4, 0.5) is 5.69 Å². The zero-order valence-corrected chi connectivity index (χ0v) is 11.5. The molecule has 0 atom stereocenters. The monoisotopic (exact) mass is 261 g/mol. The minimum atomic E-state index is -0.772. The van der Waals surface area contributed by atoms with E-state index in [0.29, 0.717) is 6.54 Å². The summed E-state index contributed by atoms with van der Waals surface area (Å²) < 4.78 is 0. The van der Waals surface area contributed by atoms with E-state index in [0.717, 1.165) is 16.8 Å². The molecule has 1 saturated heterocycles. The number of imide groups is 1. The zero-order valence-electron chi connectivity index (χ0n) is 11.5. The van der Waals surface area contributed by atoms with E-state index in [1.54, 1.807) is 13.8 Å². The summed E-state index contributed by atoms with van der Waals surface area (Å²) in [5.41, 5.74) is 7.84. The lowest BCUT2D eigenvalue weighted by Crippen LogP contribution is -2.64. The van der Waals surface area contributed by atoms with Crippen LogP contribution in [0.3, 0.4) is 0 Å². The Balaban J connectivity index is 2.52. The summed E-state index contributed by atoms with van der Waals surface area (Å²) in [4.78, 5) is 25.4. The van der Waals surface area contributed by atoms with Gasteiger partial charge < -0.3 is 10.6 Å². The Labute approximate surface area is 112 Å². The first-order chi connectivity index (χ1) is 8.86. The fourth-order valence-corrected chi connectivity index (χ4v) is 2.27. The molecule has 3 N–H and O–H groups in total. The molecule has 2 rings (SSSR count). The lowest BCUT2D eigenvalue weighted by Gasteiger charge is -2.42. The van der Waals surface area contributed by atoms with Gasteiger partial charge in [-0.3, -0.25) is 14.9 Å². The first-order valence-corrected chi connectivity index (χ1v) is 6.28. The number of carbonyl (C=O) groups excluding carboxylic acids is 2. The number of carbonyl (C=O) groups is 2. The topological polar surface area (TPSA) is 75.4 Å². The highest BCUT2D eigenvalue weighted by Crippen LogP contribution is 2.30. The molecule has 19 heavy (non-hydrogen) atoms. The number of piperazine rings is 1. The first-order valence-electron chi connectivity index (χ1n) is 6.28. The van der Waals surface area contributed by atoms with Crippen LogP contribution in [-0.2, 0) is 16.1 Å². The lowest BCUT2D eigenvalue weighted by atomic mass is 9.95. The van der Waals surface area contributed by atoms with Gasteiger partial charge in [0.1, 0.15) is 5.54 Å². The highest BCUT2D eigenvalue weighted by molar-refractivity contribution is 6.06. The second-order valence-corrected chi connectivity index (χ2v) is 5.36. The zero-order chi connectivity index (χ0) is 14.2. The van der Waals surface area contributed by atoms with Gasteiger partial charge in [0.15, 0.2) is 0 Å². The van der Waals surface area contributed by atoms with Crippen molar-refractivity contribution in [2.24, 2.45) is 5.73 Å². The summed E-state index contributed by atoms with van der Waals surface area (Å²) in [5, 5.41) is 2.37. The van der Waals surface area contributed by atoms with E-state index in [4.69, 9.17) is 5.73 Å². The Kier molecular flexibility index (Phi) is 3.32. The Morgan fingerprint density at radius 2 is 2.05 bits per heavy atom. The minimum absolute atomic E-state index is 0.162. The number of aryl methyl sites for hydroxylation is 1. The number of rotatable bonds is 2. The van der Waals surface area contributed by atoms with E-state index in [-0.39, 0.29) is 18.4 Å². The van der Waals surface area contributed by atoms with Crippen molar-refractivity contribution in [3.63, 3.8) is 0 Å². The molecule has 0 radical (unpaired) electrons. The van der Waals surface area contributed by atoms with Crippen molar-refractivity contribution in [2.45, 2.75) is 32.9 Å². The molecule has 0 aromatic heterocycles. The summed E-state index contributed by atoms with van der Waals surface area (Å²) in [6, 6.07) is 5.89.